The Morgan fingerprint density at radius 1 is 0.846 bits per heavy atom. The first-order valence-electron chi connectivity index (χ1n) is 8.34. The van der Waals surface area contributed by atoms with E-state index in [4.69, 9.17) is 8.83 Å². The first kappa shape index (κ1) is 17.5. The summed E-state index contributed by atoms with van der Waals surface area (Å²) in [5.41, 5.74) is 0.903. The van der Waals surface area contributed by atoms with Crippen molar-refractivity contribution in [2.24, 2.45) is 0 Å². The first-order valence-corrected chi connectivity index (χ1v) is 8.34. The fraction of sp³-hybridized carbons (Fsp3) is 0.200. The summed E-state index contributed by atoms with van der Waals surface area (Å²) in [6, 6.07) is 16.5. The van der Waals surface area contributed by atoms with Gasteiger partial charge in [0.05, 0.1) is 38.6 Å². The molecule has 0 unspecified atom stereocenters. The molecule has 3 rings (SSSR count). The molecule has 0 bridgehead atoms. The predicted octanol–water partition coefficient (Wildman–Crippen LogP) is 2.76. The quantitative estimate of drug-likeness (QED) is 0.676. The van der Waals surface area contributed by atoms with Crippen molar-refractivity contribution in [1.29, 1.82) is 0 Å². The molecule has 26 heavy (non-hydrogen) atoms. The Morgan fingerprint density at radius 3 is 2.00 bits per heavy atom. The maximum absolute atomic E-state index is 12.6. The summed E-state index contributed by atoms with van der Waals surface area (Å²) in [7, 11) is 0. The standard InChI is InChI=1S/C20H20N2O4/c23-19(12-16-6-2-1-3-7-16)21-13-20(24)22(14-17-8-4-10-25-17)15-18-9-5-11-26-18/h1-11H,12-15H2,(H,21,23). The van der Waals surface area contributed by atoms with Crippen molar-refractivity contribution in [1.82, 2.24) is 10.2 Å². The van der Waals surface area contributed by atoms with Crippen molar-refractivity contribution in [3.8, 4) is 0 Å². The highest BCUT2D eigenvalue weighted by atomic mass is 16.3. The molecule has 2 aromatic heterocycles. The molecule has 2 amide bonds. The number of hydrogen-bond donors (Lipinski definition) is 1. The summed E-state index contributed by atoms with van der Waals surface area (Å²) in [5, 5.41) is 2.68. The molecule has 6 nitrogen and oxygen atoms in total. The van der Waals surface area contributed by atoms with Gasteiger partial charge in [-0.25, -0.2) is 0 Å². The van der Waals surface area contributed by atoms with Crippen molar-refractivity contribution >= 4 is 11.8 Å². The smallest absolute Gasteiger partial charge is 0.242 e. The molecule has 0 aliphatic heterocycles. The highest BCUT2D eigenvalue weighted by molar-refractivity contribution is 5.85. The lowest BCUT2D eigenvalue weighted by Gasteiger charge is -2.21. The zero-order chi connectivity index (χ0) is 18.2. The van der Waals surface area contributed by atoms with E-state index in [0.29, 0.717) is 24.6 Å². The maximum atomic E-state index is 12.6. The number of carbonyl (C=O) groups is 2. The average Bonchev–Trinajstić information content (AvgIpc) is 3.34. The van der Waals surface area contributed by atoms with Crippen LogP contribution in [-0.2, 0) is 29.1 Å². The summed E-state index contributed by atoms with van der Waals surface area (Å²) in [5.74, 6) is 0.931. The van der Waals surface area contributed by atoms with Gasteiger partial charge < -0.3 is 19.1 Å². The Kier molecular flexibility index (Phi) is 5.88. The number of amides is 2. The van der Waals surface area contributed by atoms with Crippen LogP contribution in [0.3, 0.4) is 0 Å². The average molecular weight is 352 g/mol. The molecule has 0 aliphatic rings. The maximum Gasteiger partial charge on any atom is 0.242 e. The van der Waals surface area contributed by atoms with Crippen LogP contribution in [0, 0.1) is 0 Å². The van der Waals surface area contributed by atoms with Crippen LogP contribution in [-0.4, -0.2) is 23.3 Å². The number of nitrogens with one attached hydrogen (secondary N) is 1. The minimum atomic E-state index is -0.209. The van der Waals surface area contributed by atoms with Crippen molar-refractivity contribution in [3.63, 3.8) is 0 Å². The summed E-state index contributed by atoms with van der Waals surface area (Å²) in [6.07, 6.45) is 3.36. The topological polar surface area (TPSA) is 75.7 Å². The van der Waals surface area contributed by atoms with Crippen molar-refractivity contribution < 1.29 is 18.4 Å². The molecule has 134 valence electrons. The second kappa shape index (κ2) is 8.71. The number of furan rings is 2. The van der Waals surface area contributed by atoms with Gasteiger partial charge >= 0.3 is 0 Å². The molecule has 0 spiro atoms. The number of benzene rings is 1. The zero-order valence-corrected chi connectivity index (χ0v) is 14.3. The molecule has 0 radical (unpaired) electrons. The fourth-order valence-electron chi connectivity index (χ4n) is 2.54. The molecule has 3 aromatic rings. The van der Waals surface area contributed by atoms with E-state index in [-0.39, 0.29) is 24.8 Å². The van der Waals surface area contributed by atoms with E-state index in [9.17, 15) is 9.59 Å². The summed E-state index contributed by atoms with van der Waals surface area (Å²) in [6.45, 7) is 0.537. The van der Waals surface area contributed by atoms with Gasteiger partial charge in [0.15, 0.2) is 0 Å². The third-order valence-corrected chi connectivity index (χ3v) is 3.85. The van der Waals surface area contributed by atoms with Crippen LogP contribution in [0.15, 0.2) is 76.0 Å². The van der Waals surface area contributed by atoms with Crippen LogP contribution < -0.4 is 5.32 Å². The Bertz CT molecular complexity index is 775. The highest BCUT2D eigenvalue weighted by Crippen LogP contribution is 2.11. The third kappa shape index (κ3) is 5.11. The lowest BCUT2D eigenvalue weighted by atomic mass is 10.1. The minimum absolute atomic E-state index is 0.0763. The monoisotopic (exact) mass is 352 g/mol. The second-order valence-electron chi connectivity index (χ2n) is 5.85. The van der Waals surface area contributed by atoms with Crippen LogP contribution in [0.25, 0.3) is 0 Å². The second-order valence-corrected chi connectivity index (χ2v) is 5.85. The lowest BCUT2D eigenvalue weighted by molar-refractivity contribution is -0.134. The van der Waals surface area contributed by atoms with E-state index in [1.165, 1.54) is 0 Å². The van der Waals surface area contributed by atoms with E-state index in [2.05, 4.69) is 5.32 Å². The molecule has 1 N–H and O–H groups in total. The van der Waals surface area contributed by atoms with Gasteiger partial charge in [0, 0.05) is 0 Å². The van der Waals surface area contributed by atoms with Crippen molar-refractivity contribution in [3.05, 3.63) is 84.2 Å². The van der Waals surface area contributed by atoms with Crippen molar-refractivity contribution in [2.45, 2.75) is 19.5 Å². The molecule has 2 heterocycles. The third-order valence-electron chi connectivity index (χ3n) is 3.85. The van der Waals surface area contributed by atoms with Crippen LogP contribution in [0.1, 0.15) is 17.1 Å². The number of rotatable bonds is 8. The molecule has 0 atom stereocenters. The summed E-state index contributed by atoms with van der Waals surface area (Å²) in [4.78, 5) is 26.2. The first-order chi connectivity index (χ1) is 12.7. The summed E-state index contributed by atoms with van der Waals surface area (Å²) >= 11 is 0. The van der Waals surface area contributed by atoms with Gasteiger partial charge in [0.1, 0.15) is 11.5 Å². The molecule has 0 saturated heterocycles. The molecule has 1 aromatic carbocycles. The fourth-order valence-corrected chi connectivity index (χ4v) is 2.54. The Morgan fingerprint density at radius 2 is 1.46 bits per heavy atom. The Labute approximate surface area is 151 Å². The molecule has 0 fully saturated rings. The van der Waals surface area contributed by atoms with Crippen LogP contribution in [0.4, 0.5) is 0 Å². The van der Waals surface area contributed by atoms with E-state index in [1.807, 2.05) is 30.3 Å². The molecular weight excluding hydrogens is 332 g/mol. The predicted molar refractivity (Wildman–Crippen MR) is 94.8 cm³/mol. The van der Waals surface area contributed by atoms with E-state index in [0.717, 1.165) is 5.56 Å². The number of nitrogens with zero attached hydrogens (tertiary/aromatic N) is 1. The Balaban J connectivity index is 1.56. The van der Waals surface area contributed by atoms with Crippen LogP contribution >= 0.6 is 0 Å². The molecule has 0 aliphatic carbocycles. The van der Waals surface area contributed by atoms with Gasteiger partial charge in [-0.3, -0.25) is 9.59 Å². The molecule has 0 saturated carbocycles. The summed E-state index contributed by atoms with van der Waals surface area (Å²) < 4.78 is 10.7. The van der Waals surface area contributed by atoms with Gasteiger partial charge in [0.25, 0.3) is 0 Å². The van der Waals surface area contributed by atoms with Gasteiger partial charge in [-0.05, 0) is 29.8 Å². The molecular formula is C20H20N2O4. The zero-order valence-electron chi connectivity index (χ0n) is 14.3. The van der Waals surface area contributed by atoms with Gasteiger partial charge in [-0.15, -0.1) is 0 Å². The van der Waals surface area contributed by atoms with Crippen LogP contribution in [0.2, 0.25) is 0 Å². The van der Waals surface area contributed by atoms with E-state index in [1.54, 1.807) is 41.7 Å². The lowest BCUT2D eigenvalue weighted by Crippen LogP contribution is -2.39. The Hall–Kier alpha value is -3.28. The van der Waals surface area contributed by atoms with E-state index < -0.39 is 0 Å². The molecule has 6 heteroatoms. The van der Waals surface area contributed by atoms with Gasteiger partial charge in [-0.1, -0.05) is 30.3 Å². The van der Waals surface area contributed by atoms with Gasteiger partial charge in [-0.2, -0.15) is 0 Å². The normalized spacial score (nSPS) is 10.5. The number of carbonyl (C=O) groups excluding carboxylic acids is 2. The number of hydrogen-bond acceptors (Lipinski definition) is 4. The van der Waals surface area contributed by atoms with Crippen molar-refractivity contribution in [2.75, 3.05) is 6.54 Å². The SMILES string of the molecule is O=C(Cc1ccccc1)NCC(=O)N(Cc1ccco1)Cc1ccco1. The largest absolute Gasteiger partial charge is 0.467 e. The van der Waals surface area contributed by atoms with Crippen LogP contribution in [0.5, 0.6) is 0 Å². The van der Waals surface area contributed by atoms with Gasteiger partial charge in [0.2, 0.25) is 11.8 Å². The minimum Gasteiger partial charge on any atom is -0.467 e. The highest BCUT2D eigenvalue weighted by Gasteiger charge is 2.18. The van der Waals surface area contributed by atoms with E-state index >= 15 is 0 Å².